The zero-order chi connectivity index (χ0) is 18.4. The second-order valence-corrected chi connectivity index (χ2v) is 7.07. The summed E-state index contributed by atoms with van der Waals surface area (Å²) in [6, 6.07) is 7.40. The number of carbonyl (C=O) groups excluding carboxylic acids is 1. The van der Waals surface area contributed by atoms with Crippen molar-refractivity contribution in [3.63, 3.8) is 0 Å². The van der Waals surface area contributed by atoms with E-state index in [9.17, 15) is 4.79 Å². The fourth-order valence-electron chi connectivity index (χ4n) is 2.26. The van der Waals surface area contributed by atoms with Gasteiger partial charge in [0.15, 0.2) is 0 Å². The first-order valence-electron chi connectivity index (χ1n) is 8.20. The summed E-state index contributed by atoms with van der Waals surface area (Å²) in [5.74, 6) is 0.413. The summed E-state index contributed by atoms with van der Waals surface area (Å²) in [4.78, 5) is 20.7. The minimum atomic E-state index is -0.339. The molecular formula is C18H19N5O2S. The molecule has 8 heteroatoms. The van der Waals surface area contributed by atoms with E-state index in [1.165, 1.54) is 11.8 Å². The van der Waals surface area contributed by atoms with Crippen LogP contribution >= 0.6 is 11.8 Å². The normalized spacial score (nSPS) is 12.1. The van der Waals surface area contributed by atoms with Gasteiger partial charge in [0.2, 0.25) is 11.8 Å². The number of carbonyl (C=O) groups is 1. The summed E-state index contributed by atoms with van der Waals surface area (Å²) in [6.45, 7) is 4.40. The van der Waals surface area contributed by atoms with Crippen molar-refractivity contribution in [2.24, 2.45) is 5.92 Å². The van der Waals surface area contributed by atoms with Crippen molar-refractivity contribution in [2.75, 3.05) is 0 Å². The summed E-state index contributed by atoms with van der Waals surface area (Å²) < 4.78 is 5.67. The topological polar surface area (TPSA) is 93.8 Å². The predicted octanol–water partition coefficient (Wildman–Crippen LogP) is 2.96. The molecule has 1 N–H and O–H groups in total. The van der Waals surface area contributed by atoms with Gasteiger partial charge in [-0.05, 0) is 29.7 Å². The minimum Gasteiger partial charge on any atom is -0.411 e. The third-order valence-electron chi connectivity index (χ3n) is 3.60. The Hall–Kier alpha value is -2.74. The molecule has 3 rings (SSSR count). The lowest BCUT2D eigenvalue weighted by Gasteiger charge is -2.17. The molecule has 1 atom stereocenters. The molecule has 134 valence electrons. The summed E-state index contributed by atoms with van der Waals surface area (Å²) in [6.07, 6.45) is 6.77. The molecule has 0 aromatic carbocycles. The molecule has 3 aromatic rings. The summed E-state index contributed by atoms with van der Waals surface area (Å²) in [5, 5.41) is 11.0. The number of nitrogens with zero attached hydrogens (tertiary/aromatic N) is 4. The van der Waals surface area contributed by atoms with E-state index in [2.05, 4.69) is 25.5 Å². The Morgan fingerprint density at radius 1 is 1.15 bits per heavy atom. The van der Waals surface area contributed by atoms with Crippen LogP contribution in [0.5, 0.6) is 0 Å². The van der Waals surface area contributed by atoms with E-state index in [0.717, 1.165) is 11.1 Å². The van der Waals surface area contributed by atoms with Crippen LogP contribution in [0.15, 0.2) is 58.7 Å². The van der Waals surface area contributed by atoms with Gasteiger partial charge in [-0.1, -0.05) is 31.7 Å². The zero-order valence-corrected chi connectivity index (χ0v) is 15.3. The Balaban J connectivity index is 1.65. The van der Waals surface area contributed by atoms with E-state index in [-0.39, 0.29) is 17.1 Å². The van der Waals surface area contributed by atoms with Crippen LogP contribution in [0, 0.1) is 5.92 Å². The highest BCUT2D eigenvalue weighted by molar-refractivity contribution is 8.00. The average Bonchev–Trinajstić information content (AvgIpc) is 3.14. The van der Waals surface area contributed by atoms with Crippen LogP contribution in [0.25, 0.3) is 11.5 Å². The number of nitrogens with one attached hydrogen (secondary N) is 1. The van der Waals surface area contributed by atoms with E-state index in [1.807, 2.05) is 32.0 Å². The predicted molar refractivity (Wildman–Crippen MR) is 98.1 cm³/mol. The third-order valence-corrected chi connectivity index (χ3v) is 4.98. The molecule has 7 nitrogen and oxygen atoms in total. The fraction of sp³-hybridized carbons (Fsp3) is 0.278. The standard InChI is InChI=1S/C18H19N5O2S/c1-12(2)15(16(24)21-10-13-5-3-7-19-9-13)26-18-23-22-17(25-18)14-6-4-8-20-11-14/h3-9,11-12,15H,10H2,1-2H3,(H,21,24). The van der Waals surface area contributed by atoms with Crippen molar-refractivity contribution in [3.05, 3.63) is 54.6 Å². The second kappa shape index (κ2) is 8.57. The molecule has 1 unspecified atom stereocenters. The van der Waals surface area contributed by atoms with E-state index in [0.29, 0.717) is 17.7 Å². The fourth-order valence-corrected chi connectivity index (χ4v) is 3.15. The lowest BCUT2D eigenvalue weighted by molar-refractivity contribution is -0.121. The van der Waals surface area contributed by atoms with Crippen LogP contribution in [-0.2, 0) is 11.3 Å². The van der Waals surface area contributed by atoms with Crippen LogP contribution in [-0.4, -0.2) is 31.3 Å². The van der Waals surface area contributed by atoms with E-state index in [4.69, 9.17) is 4.42 Å². The quantitative estimate of drug-likeness (QED) is 0.640. The molecule has 0 spiro atoms. The average molecular weight is 369 g/mol. The largest absolute Gasteiger partial charge is 0.411 e. The Kier molecular flexibility index (Phi) is 5.96. The molecule has 0 radical (unpaired) electrons. The Morgan fingerprint density at radius 2 is 1.92 bits per heavy atom. The highest BCUT2D eigenvalue weighted by Crippen LogP contribution is 2.29. The molecule has 0 aliphatic heterocycles. The highest BCUT2D eigenvalue weighted by Gasteiger charge is 2.26. The molecule has 3 heterocycles. The first-order valence-corrected chi connectivity index (χ1v) is 9.08. The van der Waals surface area contributed by atoms with Crippen molar-refractivity contribution >= 4 is 17.7 Å². The summed E-state index contributed by atoms with van der Waals surface area (Å²) >= 11 is 1.27. The van der Waals surface area contributed by atoms with Crippen LogP contribution in [0.3, 0.4) is 0 Å². The monoisotopic (exact) mass is 369 g/mol. The van der Waals surface area contributed by atoms with Gasteiger partial charge in [0.1, 0.15) is 0 Å². The number of amides is 1. The molecule has 0 saturated carbocycles. The molecule has 26 heavy (non-hydrogen) atoms. The number of hydrogen-bond acceptors (Lipinski definition) is 7. The highest BCUT2D eigenvalue weighted by atomic mass is 32.2. The number of aromatic nitrogens is 4. The van der Waals surface area contributed by atoms with Crippen LogP contribution < -0.4 is 5.32 Å². The second-order valence-electron chi connectivity index (χ2n) is 5.98. The maximum Gasteiger partial charge on any atom is 0.277 e. The van der Waals surface area contributed by atoms with Crippen molar-refractivity contribution in [2.45, 2.75) is 30.9 Å². The number of rotatable bonds is 7. The van der Waals surface area contributed by atoms with Crippen molar-refractivity contribution in [1.29, 1.82) is 0 Å². The third kappa shape index (κ3) is 4.66. The van der Waals surface area contributed by atoms with E-state index in [1.54, 1.807) is 30.9 Å². The number of thioether (sulfide) groups is 1. The van der Waals surface area contributed by atoms with Gasteiger partial charge in [-0.25, -0.2) is 0 Å². The maximum absolute atomic E-state index is 12.6. The molecule has 1 amide bonds. The van der Waals surface area contributed by atoms with Crippen molar-refractivity contribution in [1.82, 2.24) is 25.5 Å². The SMILES string of the molecule is CC(C)C(Sc1nnc(-c2cccnc2)o1)C(=O)NCc1cccnc1. The summed E-state index contributed by atoms with van der Waals surface area (Å²) in [5.41, 5.74) is 1.69. The molecule has 0 saturated heterocycles. The van der Waals surface area contributed by atoms with Gasteiger partial charge >= 0.3 is 0 Å². The maximum atomic E-state index is 12.6. The van der Waals surface area contributed by atoms with Crippen LogP contribution in [0.1, 0.15) is 19.4 Å². The summed E-state index contributed by atoms with van der Waals surface area (Å²) in [7, 11) is 0. The van der Waals surface area contributed by atoms with Gasteiger partial charge < -0.3 is 9.73 Å². The van der Waals surface area contributed by atoms with Crippen molar-refractivity contribution < 1.29 is 9.21 Å². The van der Waals surface area contributed by atoms with Gasteiger partial charge in [-0.15, -0.1) is 10.2 Å². The minimum absolute atomic E-state index is 0.0741. The van der Waals surface area contributed by atoms with Crippen LogP contribution in [0.4, 0.5) is 0 Å². The smallest absolute Gasteiger partial charge is 0.277 e. The van der Waals surface area contributed by atoms with Crippen LogP contribution in [0.2, 0.25) is 0 Å². The molecule has 0 aliphatic carbocycles. The lowest BCUT2D eigenvalue weighted by Crippen LogP contribution is -2.35. The number of hydrogen-bond donors (Lipinski definition) is 1. The first-order chi connectivity index (χ1) is 12.6. The Bertz CT molecular complexity index is 839. The zero-order valence-electron chi connectivity index (χ0n) is 14.5. The van der Waals surface area contributed by atoms with E-state index >= 15 is 0 Å². The van der Waals surface area contributed by atoms with Gasteiger partial charge in [-0.2, -0.15) is 0 Å². The molecular weight excluding hydrogens is 350 g/mol. The van der Waals surface area contributed by atoms with Gasteiger partial charge in [-0.3, -0.25) is 14.8 Å². The number of pyridine rings is 2. The Labute approximate surface area is 155 Å². The van der Waals surface area contributed by atoms with Gasteiger partial charge in [0.25, 0.3) is 5.22 Å². The molecule has 0 aliphatic rings. The molecule has 0 bridgehead atoms. The lowest BCUT2D eigenvalue weighted by atomic mass is 10.1. The van der Waals surface area contributed by atoms with E-state index < -0.39 is 0 Å². The van der Waals surface area contributed by atoms with Crippen molar-refractivity contribution in [3.8, 4) is 11.5 Å². The molecule has 3 aromatic heterocycles. The Morgan fingerprint density at radius 3 is 2.58 bits per heavy atom. The molecule has 0 fully saturated rings. The van der Waals surface area contributed by atoms with Gasteiger partial charge in [0, 0.05) is 31.3 Å². The first kappa shape index (κ1) is 18.1. The van der Waals surface area contributed by atoms with Gasteiger partial charge in [0.05, 0.1) is 10.8 Å².